The van der Waals surface area contributed by atoms with E-state index in [9.17, 15) is 9.90 Å². The molecule has 0 aromatic heterocycles. The molecule has 3 unspecified atom stereocenters. The summed E-state index contributed by atoms with van der Waals surface area (Å²) in [5, 5.41) is 17.0. The second kappa shape index (κ2) is 16.9. The van der Waals surface area contributed by atoms with E-state index in [4.69, 9.17) is 15.2 Å². The number of benzene rings is 1. The minimum Gasteiger partial charge on any atom is -0.493 e. The second-order valence-electron chi connectivity index (χ2n) is 9.15. The van der Waals surface area contributed by atoms with E-state index in [1.807, 2.05) is 18.2 Å². The molecule has 0 bridgehead atoms. The summed E-state index contributed by atoms with van der Waals surface area (Å²) in [5.41, 5.74) is 6.86. The maximum atomic E-state index is 12.9. The van der Waals surface area contributed by atoms with Crippen LogP contribution in [-0.4, -0.2) is 62.6 Å². The smallest absolute Gasteiger partial charge is 0.255 e. The number of amides is 1. The lowest BCUT2D eigenvalue weighted by Gasteiger charge is -2.28. The summed E-state index contributed by atoms with van der Waals surface area (Å²) in [4.78, 5) is 12.9. The van der Waals surface area contributed by atoms with Gasteiger partial charge in [-0.1, -0.05) is 39.8 Å². The Kier molecular flexibility index (Phi) is 15.0. The number of nitrogens with one attached hydrogen (secondary N) is 2. The van der Waals surface area contributed by atoms with Gasteiger partial charge >= 0.3 is 0 Å². The molecule has 0 heterocycles. The van der Waals surface area contributed by atoms with Crippen LogP contribution in [0.2, 0.25) is 0 Å². The van der Waals surface area contributed by atoms with Gasteiger partial charge in [0.15, 0.2) is 0 Å². The summed E-state index contributed by atoms with van der Waals surface area (Å²) < 4.78 is 10.9. The highest BCUT2D eigenvalue weighted by atomic mass is 16.5. The molecule has 0 aliphatic carbocycles. The van der Waals surface area contributed by atoms with E-state index in [2.05, 4.69) is 38.3 Å². The van der Waals surface area contributed by atoms with E-state index in [0.29, 0.717) is 56.0 Å². The van der Waals surface area contributed by atoms with Gasteiger partial charge in [0.1, 0.15) is 5.75 Å². The Bertz CT molecular complexity index is 652. The van der Waals surface area contributed by atoms with Crippen molar-refractivity contribution < 1.29 is 19.4 Å². The summed E-state index contributed by atoms with van der Waals surface area (Å²) in [7, 11) is 1.68. The largest absolute Gasteiger partial charge is 0.493 e. The Morgan fingerprint density at radius 1 is 1.09 bits per heavy atom. The maximum Gasteiger partial charge on any atom is 0.255 e. The minimum absolute atomic E-state index is 0.155. The third kappa shape index (κ3) is 11.3. The molecular formula is C26H47N3O4. The van der Waals surface area contributed by atoms with E-state index < -0.39 is 6.10 Å². The predicted octanol–water partition coefficient (Wildman–Crippen LogP) is 3.35. The molecule has 0 aliphatic rings. The van der Waals surface area contributed by atoms with Crippen LogP contribution < -0.4 is 21.1 Å². The number of ether oxygens (including phenoxy) is 2. The van der Waals surface area contributed by atoms with Gasteiger partial charge in [0.25, 0.3) is 5.91 Å². The van der Waals surface area contributed by atoms with Crippen LogP contribution in [0.4, 0.5) is 0 Å². The summed E-state index contributed by atoms with van der Waals surface area (Å²) in [6, 6.07) is 7.36. The molecule has 0 aliphatic heterocycles. The summed E-state index contributed by atoms with van der Waals surface area (Å²) in [5.74, 6) is 0.919. The van der Waals surface area contributed by atoms with E-state index in [1.165, 1.54) is 0 Å². The zero-order valence-electron chi connectivity index (χ0n) is 21.3. The minimum atomic E-state index is -0.616. The number of hydrogen-bond donors (Lipinski definition) is 4. The number of para-hydroxylation sites is 1. The molecule has 7 heteroatoms. The quantitative estimate of drug-likeness (QED) is 0.248. The summed E-state index contributed by atoms with van der Waals surface area (Å²) in [6.45, 7) is 10.7. The second-order valence-corrected chi connectivity index (χ2v) is 9.15. The molecule has 0 spiro atoms. The lowest BCUT2D eigenvalue weighted by atomic mass is 9.87. The van der Waals surface area contributed by atoms with Crippen molar-refractivity contribution in [2.24, 2.45) is 17.6 Å². The molecule has 0 radical (unpaired) electrons. The van der Waals surface area contributed by atoms with Gasteiger partial charge in [-0.25, -0.2) is 0 Å². The van der Waals surface area contributed by atoms with Gasteiger partial charge in [0, 0.05) is 38.9 Å². The molecule has 0 saturated carbocycles. The predicted molar refractivity (Wildman–Crippen MR) is 135 cm³/mol. The van der Waals surface area contributed by atoms with Crippen molar-refractivity contribution in [2.75, 3.05) is 33.4 Å². The van der Waals surface area contributed by atoms with Crippen LogP contribution in [-0.2, 0) is 4.74 Å². The van der Waals surface area contributed by atoms with Crippen LogP contribution >= 0.6 is 0 Å². The van der Waals surface area contributed by atoms with Gasteiger partial charge in [0.2, 0.25) is 0 Å². The average molecular weight is 466 g/mol. The van der Waals surface area contributed by atoms with E-state index >= 15 is 0 Å². The van der Waals surface area contributed by atoms with Crippen LogP contribution in [0.1, 0.15) is 70.2 Å². The average Bonchev–Trinajstić information content (AvgIpc) is 2.81. The fourth-order valence-corrected chi connectivity index (χ4v) is 3.74. The Morgan fingerprint density at radius 3 is 2.39 bits per heavy atom. The van der Waals surface area contributed by atoms with Crippen molar-refractivity contribution >= 4 is 5.91 Å². The van der Waals surface area contributed by atoms with Crippen LogP contribution in [0.3, 0.4) is 0 Å². The summed E-state index contributed by atoms with van der Waals surface area (Å²) in [6.07, 6.45) is 3.86. The molecule has 0 fully saturated rings. The molecule has 0 saturated heterocycles. The molecule has 1 aromatic carbocycles. The van der Waals surface area contributed by atoms with Crippen LogP contribution in [0.25, 0.3) is 0 Å². The molecule has 190 valence electrons. The highest BCUT2D eigenvalue weighted by molar-refractivity contribution is 5.96. The van der Waals surface area contributed by atoms with Crippen LogP contribution in [0.5, 0.6) is 5.75 Å². The molecule has 33 heavy (non-hydrogen) atoms. The first-order chi connectivity index (χ1) is 15.8. The molecule has 1 rings (SSSR count). The zero-order chi connectivity index (χ0) is 24.6. The van der Waals surface area contributed by atoms with E-state index in [0.717, 1.165) is 25.7 Å². The third-order valence-corrected chi connectivity index (χ3v) is 6.27. The standard InChI is InChI=1S/C26H47N3O4/c1-6-21(7-2)28-18-24(30)23(27)16-20(19(3)4)17-29-26(31)22-12-8-9-13-25(22)33-15-11-10-14-32-5/h8-9,12-13,19-21,23-24,28,30H,6-7,10-11,14-18,27H2,1-5H3,(H,29,31). The van der Waals surface area contributed by atoms with Crippen molar-refractivity contribution in [3.05, 3.63) is 29.8 Å². The normalized spacial score (nSPS) is 14.3. The third-order valence-electron chi connectivity index (χ3n) is 6.27. The first kappa shape index (κ1) is 29.4. The van der Waals surface area contributed by atoms with Crippen molar-refractivity contribution in [3.8, 4) is 5.75 Å². The Hall–Kier alpha value is -1.67. The van der Waals surface area contributed by atoms with E-state index in [1.54, 1.807) is 13.2 Å². The molecular weight excluding hydrogens is 418 g/mol. The van der Waals surface area contributed by atoms with Crippen molar-refractivity contribution in [3.63, 3.8) is 0 Å². The lowest BCUT2D eigenvalue weighted by Crippen LogP contribution is -2.46. The van der Waals surface area contributed by atoms with Crippen molar-refractivity contribution in [1.82, 2.24) is 10.6 Å². The lowest BCUT2D eigenvalue weighted by molar-refractivity contribution is 0.0926. The SMILES string of the molecule is CCC(CC)NCC(O)C(N)CC(CNC(=O)c1ccccc1OCCCCOC)C(C)C. The fourth-order valence-electron chi connectivity index (χ4n) is 3.74. The van der Waals surface area contributed by atoms with Crippen molar-refractivity contribution in [2.45, 2.75) is 78.0 Å². The van der Waals surface area contributed by atoms with Gasteiger partial charge < -0.3 is 30.9 Å². The van der Waals surface area contributed by atoms with Gasteiger partial charge in [-0.3, -0.25) is 4.79 Å². The monoisotopic (exact) mass is 465 g/mol. The van der Waals surface area contributed by atoms with Gasteiger partial charge in [0.05, 0.1) is 18.3 Å². The maximum absolute atomic E-state index is 12.9. The molecule has 1 aromatic rings. The number of hydrogen-bond acceptors (Lipinski definition) is 6. The topological polar surface area (TPSA) is 106 Å². The number of nitrogens with two attached hydrogens (primary N) is 1. The molecule has 1 amide bonds. The highest BCUT2D eigenvalue weighted by Crippen LogP contribution is 2.20. The number of rotatable bonds is 18. The Balaban J connectivity index is 2.60. The highest BCUT2D eigenvalue weighted by Gasteiger charge is 2.24. The number of aliphatic hydroxyl groups excluding tert-OH is 1. The molecule has 7 nitrogen and oxygen atoms in total. The first-order valence-corrected chi connectivity index (χ1v) is 12.5. The van der Waals surface area contributed by atoms with Crippen molar-refractivity contribution in [1.29, 1.82) is 0 Å². The number of unbranched alkanes of at least 4 members (excludes halogenated alkanes) is 1. The number of methoxy groups -OCH3 is 1. The van der Waals surface area contributed by atoms with E-state index in [-0.39, 0.29) is 17.9 Å². The molecule has 5 N–H and O–H groups in total. The Labute approximate surface area is 200 Å². The Morgan fingerprint density at radius 2 is 1.76 bits per heavy atom. The number of carbonyl (C=O) groups is 1. The van der Waals surface area contributed by atoms with Crippen LogP contribution in [0.15, 0.2) is 24.3 Å². The van der Waals surface area contributed by atoms with Crippen LogP contribution in [0, 0.1) is 11.8 Å². The molecule has 3 atom stereocenters. The van der Waals surface area contributed by atoms with Gasteiger partial charge in [-0.05, 0) is 56.1 Å². The van der Waals surface area contributed by atoms with Gasteiger partial charge in [-0.2, -0.15) is 0 Å². The number of carbonyl (C=O) groups excluding carboxylic acids is 1. The van der Waals surface area contributed by atoms with Gasteiger partial charge in [-0.15, -0.1) is 0 Å². The summed E-state index contributed by atoms with van der Waals surface area (Å²) >= 11 is 0. The first-order valence-electron chi connectivity index (χ1n) is 12.5. The number of aliphatic hydroxyl groups is 1. The zero-order valence-corrected chi connectivity index (χ0v) is 21.3. The fraction of sp³-hybridized carbons (Fsp3) is 0.731.